The molecule has 1 amide bonds. The van der Waals surface area contributed by atoms with Gasteiger partial charge in [0.15, 0.2) is 0 Å². The van der Waals surface area contributed by atoms with Crippen LogP contribution in [-0.2, 0) is 16.1 Å². The van der Waals surface area contributed by atoms with Gasteiger partial charge in [-0.1, -0.05) is 41.9 Å². The number of nitrogens with one attached hydrogen (secondary N) is 1. The van der Waals surface area contributed by atoms with E-state index in [1.54, 1.807) is 0 Å². The van der Waals surface area contributed by atoms with E-state index in [1.165, 1.54) is 25.3 Å². The third-order valence-corrected chi connectivity index (χ3v) is 3.00. The van der Waals surface area contributed by atoms with Crippen molar-refractivity contribution in [3.05, 3.63) is 64.7 Å². The highest BCUT2D eigenvalue weighted by molar-refractivity contribution is 6.31. The predicted molar refractivity (Wildman–Crippen MR) is 83.0 cm³/mol. The van der Waals surface area contributed by atoms with Gasteiger partial charge in [-0.25, -0.2) is 9.59 Å². The summed E-state index contributed by atoms with van der Waals surface area (Å²) in [6.07, 6.45) is -0.637. The first-order valence-electron chi connectivity index (χ1n) is 6.45. The molecule has 0 aliphatic rings. The summed E-state index contributed by atoms with van der Waals surface area (Å²) in [5.74, 6) is -0.539. The number of hydrogen-bond donors (Lipinski definition) is 1. The molecule has 2 rings (SSSR count). The van der Waals surface area contributed by atoms with E-state index in [4.69, 9.17) is 16.3 Å². The number of hydrogen-bond acceptors (Lipinski definition) is 4. The minimum absolute atomic E-state index is 0.150. The third-order valence-electron chi connectivity index (χ3n) is 2.78. The second-order valence-electron chi connectivity index (χ2n) is 4.41. The number of methoxy groups -OCH3 is 1. The number of ether oxygens (including phenoxy) is 2. The maximum absolute atomic E-state index is 11.8. The van der Waals surface area contributed by atoms with Gasteiger partial charge in [0.2, 0.25) is 0 Å². The summed E-state index contributed by atoms with van der Waals surface area (Å²) in [5.41, 5.74) is 1.47. The highest BCUT2D eigenvalue weighted by Gasteiger charge is 2.10. The zero-order valence-electron chi connectivity index (χ0n) is 11.8. The Hall–Kier alpha value is -2.53. The smallest absolute Gasteiger partial charge is 0.411 e. The number of rotatable bonds is 4. The van der Waals surface area contributed by atoms with Crippen LogP contribution >= 0.6 is 11.6 Å². The van der Waals surface area contributed by atoms with Crippen molar-refractivity contribution >= 4 is 29.4 Å². The van der Waals surface area contributed by atoms with Gasteiger partial charge < -0.3 is 9.47 Å². The van der Waals surface area contributed by atoms with Gasteiger partial charge in [0.05, 0.1) is 12.7 Å². The van der Waals surface area contributed by atoms with E-state index in [1.807, 2.05) is 30.3 Å². The van der Waals surface area contributed by atoms with E-state index in [0.29, 0.717) is 10.7 Å². The number of halogens is 1. The molecule has 1 N–H and O–H groups in total. The van der Waals surface area contributed by atoms with Crippen LogP contribution in [0.1, 0.15) is 15.9 Å². The van der Waals surface area contributed by atoms with Crippen LogP contribution < -0.4 is 5.32 Å². The molecule has 0 aliphatic heterocycles. The highest BCUT2D eigenvalue weighted by Crippen LogP contribution is 2.20. The molecule has 0 spiro atoms. The topological polar surface area (TPSA) is 64.6 Å². The average molecular weight is 320 g/mol. The molecular weight excluding hydrogens is 306 g/mol. The Kier molecular flexibility index (Phi) is 5.38. The lowest BCUT2D eigenvalue weighted by atomic mass is 10.2. The Morgan fingerprint density at radius 3 is 2.55 bits per heavy atom. The summed E-state index contributed by atoms with van der Waals surface area (Å²) in [4.78, 5) is 23.2. The lowest BCUT2D eigenvalue weighted by Gasteiger charge is -2.09. The summed E-state index contributed by atoms with van der Waals surface area (Å²) in [6.45, 7) is 0.150. The van der Waals surface area contributed by atoms with Crippen LogP contribution in [0.2, 0.25) is 5.02 Å². The molecule has 0 heterocycles. The fourth-order valence-corrected chi connectivity index (χ4v) is 2.01. The Morgan fingerprint density at radius 2 is 1.86 bits per heavy atom. The molecule has 114 valence electrons. The molecule has 6 heteroatoms. The van der Waals surface area contributed by atoms with Crippen molar-refractivity contribution in [2.24, 2.45) is 0 Å². The maximum Gasteiger partial charge on any atom is 0.411 e. The van der Waals surface area contributed by atoms with Crippen LogP contribution in [0.4, 0.5) is 10.5 Å². The summed E-state index contributed by atoms with van der Waals surface area (Å²) in [7, 11) is 1.27. The van der Waals surface area contributed by atoms with Gasteiger partial charge >= 0.3 is 12.1 Å². The second-order valence-corrected chi connectivity index (χ2v) is 4.84. The Bertz CT molecular complexity index is 673. The molecule has 0 aromatic heterocycles. The molecule has 0 bridgehead atoms. The van der Waals surface area contributed by atoms with E-state index in [-0.39, 0.29) is 12.2 Å². The van der Waals surface area contributed by atoms with Gasteiger partial charge in [0, 0.05) is 10.7 Å². The van der Waals surface area contributed by atoms with Crippen LogP contribution in [0.15, 0.2) is 48.5 Å². The zero-order chi connectivity index (χ0) is 15.9. The largest absolute Gasteiger partial charge is 0.465 e. The van der Waals surface area contributed by atoms with Crippen LogP contribution in [0.5, 0.6) is 0 Å². The maximum atomic E-state index is 11.8. The first-order valence-corrected chi connectivity index (χ1v) is 6.83. The summed E-state index contributed by atoms with van der Waals surface area (Å²) in [5, 5.41) is 2.83. The van der Waals surface area contributed by atoms with Gasteiger partial charge in [-0.3, -0.25) is 5.32 Å². The van der Waals surface area contributed by atoms with Gasteiger partial charge in [-0.15, -0.1) is 0 Å². The van der Waals surface area contributed by atoms with Crippen LogP contribution in [0.25, 0.3) is 0 Å². The van der Waals surface area contributed by atoms with E-state index < -0.39 is 12.1 Å². The molecule has 0 fully saturated rings. The minimum Gasteiger partial charge on any atom is -0.465 e. The molecular formula is C16H14ClNO4. The molecule has 0 aliphatic carbocycles. The van der Waals surface area contributed by atoms with Crippen molar-refractivity contribution in [3.8, 4) is 0 Å². The quantitative estimate of drug-likeness (QED) is 0.869. The van der Waals surface area contributed by atoms with Crippen molar-refractivity contribution in [2.45, 2.75) is 6.61 Å². The number of amides is 1. The summed E-state index contributed by atoms with van der Waals surface area (Å²) >= 11 is 5.91. The van der Waals surface area contributed by atoms with E-state index in [2.05, 4.69) is 10.1 Å². The molecule has 0 radical (unpaired) electrons. The lowest BCUT2D eigenvalue weighted by molar-refractivity contribution is 0.0600. The minimum atomic E-state index is -0.637. The monoisotopic (exact) mass is 319 g/mol. The fourth-order valence-electron chi connectivity index (χ4n) is 1.77. The third kappa shape index (κ3) is 4.49. The first kappa shape index (κ1) is 15.9. The zero-order valence-corrected chi connectivity index (χ0v) is 12.6. The van der Waals surface area contributed by atoms with Crippen molar-refractivity contribution in [3.63, 3.8) is 0 Å². The second kappa shape index (κ2) is 7.47. The van der Waals surface area contributed by atoms with Crippen LogP contribution in [0.3, 0.4) is 0 Å². The predicted octanol–water partition coefficient (Wildman–Crippen LogP) is 3.88. The molecule has 0 saturated carbocycles. The highest BCUT2D eigenvalue weighted by atomic mass is 35.5. The number of carbonyl (C=O) groups is 2. The van der Waals surface area contributed by atoms with E-state index >= 15 is 0 Å². The first-order chi connectivity index (χ1) is 10.6. The van der Waals surface area contributed by atoms with Gasteiger partial charge in [-0.05, 0) is 23.8 Å². The van der Waals surface area contributed by atoms with Crippen molar-refractivity contribution < 1.29 is 19.1 Å². The van der Waals surface area contributed by atoms with Gasteiger partial charge in [0.1, 0.15) is 6.61 Å². The molecule has 0 saturated heterocycles. The molecule has 2 aromatic carbocycles. The normalized spacial score (nSPS) is 9.91. The van der Waals surface area contributed by atoms with E-state index in [9.17, 15) is 9.59 Å². The average Bonchev–Trinajstić information content (AvgIpc) is 2.52. The van der Waals surface area contributed by atoms with Crippen molar-refractivity contribution in [1.29, 1.82) is 0 Å². The standard InChI is InChI=1S/C16H14ClNO4/c1-21-15(19)12-7-13(17)9-14(8-12)18-16(20)22-10-11-5-3-2-4-6-11/h2-9H,10H2,1H3,(H,18,20). The van der Waals surface area contributed by atoms with Gasteiger partial charge in [0.25, 0.3) is 0 Å². The fraction of sp³-hybridized carbons (Fsp3) is 0.125. The molecule has 2 aromatic rings. The van der Waals surface area contributed by atoms with Crippen LogP contribution in [0, 0.1) is 0 Å². The number of esters is 1. The Labute approximate surface area is 132 Å². The summed E-state index contributed by atoms with van der Waals surface area (Å²) in [6, 6.07) is 13.7. The van der Waals surface area contributed by atoms with Crippen molar-refractivity contribution in [1.82, 2.24) is 0 Å². The number of carbonyl (C=O) groups excluding carboxylic acids is 2. The Morgan fingerprint density at radius 1 is 1.14 bits per heavy atom. The van der Waals surface area contributed by atoms with Gasteiger partial charge in [-0.2, -0.15) is 0 Å². The summed E-state index contributed by atoms with van der Waals surface area (Å²) < 4.78 is 9.70. The molecule has 0 unspecified atom stereocenters. The Balaban J connectivity index is 1.99. The molecule has 0 atom stereocenters. The number of benzene rings is 2. The van der Waals surface area contributed by atoms with E-state index in [0.717, 1.165) is 5.56 Å². The number of anilines is 1. The SMILES string of the molecule is COC(=O)c1cc(Cl)cc(NC(=O)OCc2ccccc2)c1. The lowest BCUT2D eigenvalue weighted by Crippen LogP contribution is -2.14. The van der Waals surface area contributed by atoms with Crippen LogP contribution in [-0.4, -0.2) is 19.2 Å². The molecule has 22 heavy (non-hydrogen) atoms. The van der Waals surface area contributed by atoms with Crippen molar-refractivity contribution in [2.75, 3.05) is 12.4 Å². The molecule has 5 nitrogen and oxygen atoms in total.